The molecular formula is C21H23FN4O3S2. The van der Waals surface area contributed by atoms with E-state index in [9.17, 15) is 17.6 Å². The zero-order valence-corrected chi connectivity index (χ0v) is 19.4. The predicted octanol–water partition coefficient (Wildman–Crippen LogP) is 3.83. The molecule has 0 aliphatic carbocycles. The van der Waals surface area contributed by atoms with Gasteiger partial charge in [0.2, 0.25) is 10.0 Å². The van der Waals surface area contributed by atoms with Crippen molar-refractivity contribution in [3.05, 3.63) is 58.9 Å². The highest BCUT2D eigenvalue weighted by atomic mass is 32.2. The Balaban J connectivity index is 1.97. The number of halogens is 1. The van der Waals surface area contributed by atoms with Crippen LogP contribution in [0.1, 0.15) is 15.4 Å². The molecule has 1 aromatic heterocycles. The van der Waals surface area contributed by atoms with Crippen LogP contribution in [0.2, 0.25) is 0 Å². The summed E-state index contributed by atoms with van der Waals surface area (Å²) in [5, 5.41) is 3.42. The zero-order valence-electron chi connectivity index (χ0n) is 17.8. The molecule has 0 aliphatic rings. The molecule has 0 saturated heterocycles. The van der Waals surface area contributed by atoms with Gasteiger partial charge in [-0.05, 0) is 49.4 Å². The highest BCUT2D eigenvalue weighted by molar-refractivity contribution is 7.89. The molecule has 0 radical (unpaired) electrons. The van der Waals surface area contributed by atoms with E-state index < -0.39 is 15.9 Å². The normalized spacial score (nSPS) is 11.6. The van der Waals surface area contributed by atoms with E-state index >= 15 is 0 Å². The largest absolute Gasteiger partial charge is 0.376 e. The summed E-state index contributed by atoms with van der Waals surface area (Å²) in [5.41, 5.74) is 2.27. The van der Waals surface area contributed by atoms with Crippen molar-refractivity contribution in [1.82, 2.24) is 9.29 Å². The van der Waals surface area contributed by atoms with Crippen LogP contribution in [0, 0.1) is 12.7 Å². The van der Waals surface area contributed by atoms with Crippen LogP contribution in [0.5, 0.6) is 0 Å². The van der Waals surface area contributed by atoms with Crippen LogP contribution in [0.3, 0.4) is 0 Å². The summed E-state index contributed by atoms with van der Waals surface area (Å²) in [6, 6.07) is 10.5. The van der Waals surface area contributed by atoms with Gasteiger partial charge in [0, 0.05) is 33.8 Å². The number of aryl methyl sites for hydroxylation is 1. The summed E-state index contributed by atoms with van der Waals surface area (Å²) in [6.45, 7) is 1.72. The van der Waals surface area contributed by atoms with E-state index in [-0.39, 0.29) is 10.7 Å². The van der Waals surface area contributed by atoms with Crippen LogP contribution < -0.4 is 10.2 Å². The number of anilines is 2. The van der Waals surface area contributed by atoms with E-state index in [4.69, 9.17) is 0 Å². The van der Waals surface area contributed by atoms with Gasteiger partial charge in [-0.2, -0.15) is 0 Å². The van der Waals surface area contributed by atoms with Gasteiger partial charge < -0.3 is 10.2 Å². The fraction of sp³-hybridized carbons (Fsp3) is 0.238. The summed E-state index contributed by atoms with van der Waals surface area (Å²) < 4.78 is 39.4. The highest BCUT2D eigenvalue weighted by Crippen LogP contribution is 2.32. The Hall–Kier alpha value is -2.82. The quantitative estimate of drug-likeness (QED) is 0.602. The van der Waals surface area contributed by atoms with E-state index in [0.717, 1.165) is 4.31 Å². The van der Waals surface area contributed by atoms with Gasteiger partial charge in [0.15, 0.2) is 0 Å². The third kappa shape index (κ3) is 4.76. The van der Waals surface area contributed by atoms with Gasteiger partial charge in [-0.25, -0.2) is 22.1 Å². The minimum Gasteiger partial charge on any atom is -0.376 e. The lowest BCUT2D eigenvalue weighted by molar-refractivity contribution is 0.103. The maximum absolute atomic E-state index is 13.2. The molecule has 0 unspecified atom stereocenters. The molecule has 1 heterocycles. The summed E-state index contributed by atoms with van der Waals surface area (Å²) in [6.07, 6.45) is 0. The summed E-state index contributed by atoms with van der Waals surface area (Å²) in [4.78, 5) is 19.7. The predicted molar refractivity (Wildman–Crippen MR) is 122 cm³/mol. The number of sulfonamides is 1. The molecule has 10 heteroatoms. The molecule has 0 fully saturated rings. The molecule has 0 saturated carbocycles. The minimum absolute atomic E-state index is 0.0754. The first-order valence-corrected chi connectivity index (χ1v) is 11.5. The van der Waals surface area contributed by atoms with Crippen LogP contribution in [-0.2, 0) is 10.0 Å². The second-order valence-electron chi connectivity index (χ2n) is 7.26. The first-order chi connectivity index (χ1) is 14.5. The first-order valence-electron chi connectivity index (χ1n) is 9.29. The van der Waals surface area contributed by atoms with Gasteiger partial charge in [-0.3, -0.25) is 4.79 Å². The number of nitrogens with one attached hydrogen (secondary N) is 1. The van der Waals surface area contributed by atoms with Crippen LogP contribution in [0.25, 0.3) is 10.6 Å². The fourth-order valence-corrected chi connectivity index (χ4v) is 4.77. The maximum Gasteiger partial charge on any atom is 0.267 e. The summed E-state index contributed by atoms with van der Waals surface area (Å²) in [5.74, 6) is -0.746. The zero-order chi connectivity index (χ0) is 22.9. The van der Waals surface area contributed by atoms with E-state index in [0.29, 0.717) is 32.5 Å². The van der Waals surface area contributed by atoms with Crippen molar-refractivity contribution in [2.24, 2.45) is 0 Å². The topological polar surface area (TPSA) is 82.6 Å². The highest BCUT2D eigenvalue weighted by Gasteiger charge is 2.22. The number of hydrogen-bond acceptors (Lipinski definition) is 6. The molecule has 0 atom stereocenters. The number of rotatable bonds is 6. The standard InChI is InChI=1S/C21H23FN4O3S2/c1-13-19(30-21(23-13)14-6-8-15(22)9-7-14)20(27)24-17-12-16(31(28,29)26(4)5)10-11-18(17)25(2)3/h6-12H,1-5H3,(H,24,27). The number of carbonyl (C=O) groups is 1. The SMILES string of the molecule is Cc1nc(-c2ccc(F)cc2)sc1C(=O)Nc1cc(S(=O)(=O)N(C)C)ccc1N(C)C. The average Bonchev–Trinajstić information content (AvgIpc) is 3.09. The number of amides is 1. The maximum atomic E-state index is 13.2. The fourth-order valence-electron chi connectivity index (χ4n) is 2.88. The monoisotopic (exact) mass is 462 g/mol. The molecule has 3 rings (SSSR count). The van der Waals surface area contributed by atoms with Gasteiger partial charge in [0.05, 0.1) is 22.0 Å². The van der Waals surface area contributed by atoms with Crippen LogP contribution in [0.15, 0.2) is 47.4 Å². The third-order valence-corrected chi connectivity index (χ3v) is 7.59. The Kier molecular flexibility index (Phi) is 6.44. The van der Waals surface area contributed by atoms with Crippen molar-refractivity contribution in [3.8, 4) is 10.6 Å². The van der Waals surface area contributed by atoms with Crippen molar-refractivity contribution in [1.29, 1.82) is 0 Å². The second kappa shape index (κ2) is 8.74. The smallest absolute Gasteiger partial charge is 0.267 e. The summed E-state index contributed by atoms with van der Waals surface area (Å²) >= 11 is 1.19. The minimum atomic E-state index is -3.66. The first kappa shape index (κ1) is 22.9. The van der Waals surface area contributed by atoms with E-state index in [1.807, 2.05) is 0 Å². The van der Waals surface area contributed by atoms with Gasteiger partial charge in [0.25, 0.3) is 5.91 Å². The molecule has 0 bridgehead atoms. The summed E-state index contributed by atoms with van der Waals surface area (Å²) in [7, 11) is 2.84. The Morgan fingerprint density at radius 2 is 1.71 bits per heavy atom. The van der Waals surface area contributed by atoms with Crippen molar-refractivity contribution in [3.63, 3.8) is 0 Å². The van der Waals surface area contributed by atoms with Crippen molar-refractivity contribution in [2.45, 2.75) is 11.8 Å². The number of benzene rings is 2. The van der Waals surface area contributed by atoms with E-state index in [2.05, 4.69) is 10.3 Å². The second-order valence-corrected chi connectivity index (χ2v) is 10.4. The molecule has 2 aromatic carbocycles. The lowest BCUT2D eigenvalue weighted by Gasteiger charge is -2.20. The molecule has 7 nitrogen and oxygen atoms in total. The Morgan fingerprint density at radius 1 is 1.06 bits per heavy atom. The molecule has 31 heavy (non-hydrogen) atoms. The lowest BCUT2D eigenvalue weighted by atomic mass is 10.2. The van der Waals surface area contributed by atoms with Gasteiger partial charge in [0.1, 0.15) is 15.7 Å². The number of hydrogen-bond donors (Lipinski definition) is 1. The number of nitrogens with zero attached hydrogens (tertiary/aromatic N) is 3. The van der Waals surface area contributed by atoms with E-state index in [1.54, 1.807) is 44.1 Å². The number of thiazole rings is 1. The lowest BCUT2D eigenvalue weighted by Crippen LogP contribution is -2.23. The molecule has 164 valence electrons. The Bertz CT molecular complexity index is 1220. The molecular weight excluding hydrogens is 439 g/mol. The molecule has 3 aromatic rings. The van der Waals surface area contributed by atoms with Crippen molar-refractivity contribution < 1.29 is 17.6 Å². The van der Waals surface area contributed by atoms with Crippen LogP contribution in [-0.4, -0.2) is 51.8 Å². The Morgan fingerprint density at radius 3 is 2.29 bits per heavy atom. The van der Waals surface area contributed by atoms with Crippen molar-refractivity contribution in [2.75, 3.05) is 38.4 Å². The van der Waals surface area contributed by atoms with Crippen molar-refractivity contribution >= 4 is 38.6 Å². The molecule has 0 spiro atoms. The van der Waals surface area contributed by atoms with E-state index in [1.165, 1.54) is 49.7 Å². The Labute approximate surface area is 185 Å². The molecule has 1 N–H and O–H groups in total. The number of aromatic nitrogens is 1. The molecule has 0 aliphatic heterocycles. The number of carbonyl (C=O) groups excluding carboxylic acids is 1. The van der Waals surface area contributed by atoms with Gasteiger partial charge in [-0.15, -0.1) is 11.3 Å². The van der Waals surface area contributed by atoms with Gasteiger partial charge >= 0.3 is 0 Å². The van der Waals surface area contributed by atoms with Crippen LogP contribution in [0.4, 0.5) is 15.8 Å². The third-order valence-electron chi connectivity index (χ3n) is 4.57. The van der Waals surface area contributed by atoms with Gasteiger partial charge in [-0.1, -0.05) is 0 Å². The van der Waals surface area contributed by atoms with Crippen LogP contribution >= 0.6 is 11.3 Å². The average molecular weight is 463 g/mol. The molecule has 1 amide bonds.